The van der Waals surface area contributed by atoms with Crippen LogP contribution in [0.2, 0.25) is 0 Å². The van der Waals surface area contributed by atoms with Gasteiger partial charge in [0.2, 0.25) is 0 Å². The fourth-order valence-electron chi connectivity index (χ4n) is 2.46. The van der Waals surface area contributed by atoms with Crippen molar-refractivity contribution in [2.75, 3.05) is 12.4 Å². The van der Waals surface area contributed by atoms with Gasteiger partial charge in [0.15, 0.2) is 0 Å². The van der Waals surface area contributed by atoms with Crippen LogP contribution in [0.4, 0.5) is 5.69 Å². The molecule has 1 N–H and O–H groups in total. The molecule has 0 spiro atoms. The molecule has 1 amide bonds. The first kappa shape index (κ1) is 17.2. The maximum Gasteiger partial charge on any atom is 0.349 e. The van der Waals surface area contributed by atoms with Crippen LogP contribution in [0.1, 0.15) is 15.9 Å². The Morgan fingerprint density at radius 2 is 1.85 bits per heavy atom. The second kappa shape index (κ2) is 7.10. The molecule has 0 fully saturated rings. The summed E-state index contributed by atoms with van der Waals surface area (Å²) in [4.78, 5) is 35.0. The van der Waals surface area contributed by atoms with Crippen LogP contribution >= 0.6 is 0 Å². The van der Waals surface area contributed by atoms with Gasteiger partial charge in [-0.3, -0.25) is 4.79 Å². The van der Waals surface area contributed by atoms with Crippen molar-refractivity contribution < 1.29 is 23.8 Å². The molecule has 0 bridgehead atoms. The van der Waals surface area contributed by atoms with E-state index in [1.54, 1.807) is 42.5 Å². The minimum atomic E-state index is -1.19. The fourth-order valence-corrected chi connectivity index (χ4v) is 2.46. The zero-order valence-corrected chi connectivity index (χ0v) is 13.8. The van der Waals surface area contributed by atoms with Gasteiger partial charge in [0.05, 0.1) is 7.11 Å². The third kappa shape index (κ3) is 3.72. The highest BCUT2D eigenvalue weighted by Gasteiger charge is 2.14. The van der Waals surface area contributed by atoms with Crippen molar-refractivity contribution in [2.45, 2.75) is 6.42 Å². The molecule has 0 radical (unpaired) electrons. The predicted molar refractivity (Wildman–Crippen MR) is 92.1 cm³/mol. The summed E-state index contributed by atoms with van der Waals surface area (Å²) in [5, 5.41) is 13.7. The molecule has 3 aromatic rings. The second-order valence-corrected chi connectivity index (χ2v) is 5.55. The maximum absolute atomic E-state index is 12.4. The van der Waals surface area contributed by atoms with E-state index in [0.717, 1.165) is 0 Å². The highest BCUT2D eigenvalue weighted by Crippen LogP contribution is 2.20. The van der Waals surface area contributed by atoms with Crippen molar-refractivity contribution in [3.63, 3.8) is 0 Å². The van der Waals surface area contributed by atoms with Crippen molar-refractivity contribution in [3.05, 3.63) is 70.1 Å². The molecule has 0 aliphatic heterocycles. The van der Waals surface area contributed by atoms with E-state index in [-0.39, 0.29) is 12.0 Å². The van der Waals surface area contributed by atoms with E-state index in [1.807, 2.05) is 0 Å². The third-order valence-electron chi connectivity index (χ3n) is 3.74. The van der Waals surface area contributed by atoms with E-state index in [1.165, 1.54) is 13.2 Å². The molecule has 0 aliphatic rings. The van der Waals surface area contributed by atoms with Crippen LogP contribution in [-0.4, -0.2) is 19.0 Å². The number of carboxylic acids is 1. The van der Waals surface area contributed by atoms with Gasteiger partial charge in [0.25, 0.3) is 5.91 Å². The molecule has 132 valence electrons. The number of rotatable bonds is 5. The van der Waals surface area contributed by atoms with Gasteiger partial charge in [0, 0.05) is 23.5 Å². The summed E-state index contributed by atoms with van der Waals surface area (Å²) in [7, 11) is 1.51. The van der Waals surface area contributed by atoms with Crippen molar-refractivity contribution in [3.8, 4) is 5.75 Å². The Morgan fingerprint density at radius 3 is 2.50 bits per heavy atom. The fraction of sp³-hybridized carbons (Fsp3) is 0.105. The quantitative estimate of drug-likeness (QED) is 0.694. The first-order chi connectivity index (χ1) is 12.5. The number of aliphatic carboxylic acids is 1. The number of hydrogen-bond acceptors (Lipinski definition) is 6. The normalized spacial score (nSPS) is 10.5. The Bertz CT molecular complexity index is 1040. The van der Waals surface area contributed by atoms with Crippen molar-refractivity contribution in [2.24, 2.45) is 0 Å². The maximum atomic E-state index is 12.4. The van der Waals surface area contributed by atoms with E-state index in [2.05, 4.69) is 5.32 Å². The number of amides is 1. The smallest absolute Gasteiger partial charge is 0.349 e. The standard InChI is InChI=1S/C19H15NO6/c1-25-14-6-7-16-12(9-14)10-15(19(24)26-16)18(23)20-13-4-2-11(3-5-13)8-17(21)22/h2-7,9-10H,8H2,1H3,(H,20,23)(H,21,22)/p-1. The molecule has 0 saturated heterocycles. The van der Waals surface area contributed by atoms with Gasteiger partial charge in [0.1, 0.15) is 16.9 Å². The van der Waals surface area contributed by atoms with Crippen LogP contribution in [0, 0.1) is 0 Å². The van der Waals surface area contributed by atoms with Gasteiger partial charge in [-0.15, -0.1) is 0 Å². The Hall–Kier alpha value is -3.61. The van der Waals surface area contributed by atoms with Gasteiger partial charge in [-0.2, -0.15) is 0 Å². The number of carbonyl (C=O) groups excluding carboxylic acids is 2. The second-order valence-electron chi connectivity index (χ2n) is 5.55. The largest absolute Gasteiger partial charge is 0.550 e. The van der Waals surface area contributed by atoms with Gasteiger partial charge in [-0.1, -0.05) is 12.1 Å². The molecular formula is C19H14NO6-. The molecule has 0 atom stereocenters. The van der Waals surface area contributed by atoms with Crippen LogP contribution in [0.15, 0.2) is 57.7 Å². The first-order valence-corrected chi connectivity index (χ1v) is 7.68. The monoisotopic (exact) mass is 352 g/mol. The highest BCUT2D eigenvalue weighted by atomic mass is 16.5. The SMILES string of the molecule is COc1ccc2oc(=O)c(C(=O)Nc3ccc(CC(=O)[O-])cc3)cc2c1. The molecule has 26 heavy (non-hydrogen) atoms. The summed E-state index contributed by atoms with van der Waals surface area (Å²) < 4.78 is 10.3. The number of methoxy groups -OCH3 is 1. The van der Waals surface area contributed by atoms with Crippen LogP contribution in [-0.2, 0) is 11.2 Å². The zero-order valence-electron chi connectivity index (χ0n) is 13.8. The highest BCUT2D eigenvalue weighted by molar-refractivity contribution is 6.05. The molecule has 7 heteroatoms. The molecule has 0 unspecified atom stereocenters. The van der Waals surface area contributed by atoms with Gasteiger partial charge in [-0.05, 0) is 42.0 Å². The molecular weight excluding hydrogens is 338 g/mol. The number of anilines is 1. The third-order valence-corrected chi connectivity index (χ3v) is 3.74. The van der Waals surface area contributed by atoms with Crippen molar-refractivity contribution >= 4 is 28.5 Å². The van der Waals surface area contributed by atoms with Crippen molar-refractivity contribution in [1.29, 1.82) is 0 Å². The molecule has 0 aliphatic carbocycles. The average molecular weight is 352 g/mol. The summed E-state index contributed by atoms with van der Waals surface area (Å²) in [5.41, 5.74) is 0.403. The van der Waals surface area contributed by atoms with Crippen LogP contribution < -0.4 is 20.8 Å². The number of nitrogens with one attached hydrogen (secondary N) is 1. The summed E-state index contributed by atoms with van der Waals surface area (Å²) in [6.07, 6.45) is -0.218. The minimum Gasteiger partial charge on any atom is -0.550 e. The van der Waals surface area contributed by atoms with Crippen LogP contribution in [0.25, 0.3) is 11.0 Å². The number of benzene rings is 2. The molecule has 7 nitrogen and oxygen atoms in total. The topological polar surface area (TPSA) is 109 Å². The van der Waals surface area contributed by atoms with E-state index >= 15 is 0 Å². The predicted octanol–water partition coefficient (Wildman–Crippen LogP) is 1.35. The molecule has 0 saturated carbocycles. The summed E-state index contributed by atoms with van der Waals surface area (Å²) in [6, 6.07) is 12.5. The Balaban J connectivity index is 1.86. The first-order valence-electron chi connectivity index (χ1n) is 7.68. The molecule has 1 aromatic heterocycles. The van der Waals surface area contributed by atoms with Gasteiger partial charge >= 0.3 is 5.63 Å². The van der Waals surface area contributed by atoms with Crippen LogP contribution in [0.5, 0.6) is 5.75 Å². The lowest BCUT2D eigenvalue weighted by molar-refractivity contribution is -0.304. The summed E-state index contributed by atoms with van der Waals surface area (Å²) in [5.74, 6) is -1.25. The Morgan fingerprint density at radius 1 is 1.12 bits per heavy atom. The number of carboxylic acid groups (broad SMARTS) is 1. The van der Waals surface area contributed by atoms with Gasteiger partial charge in [-0.25, -0.2) is 4.79 Å². The Labute approximate surface area is 147 Å². The Kier molecular flexibility index (Phi) is 4.70. The minimum absolute atomic E-state index is 0.149. The van der Waals surface area contributed by atoms with E-state index < -0.39 is 17.5 Å². The van der Waals surface area contributed by atoms with Crippen molar-refractivity contribution in [1.82, 2.24) is 0 Å². The number of ether oxygens (including phenoxy) is 1. The van der Waals surface area contributed by atoms with Gasteiger partial charge < -0.3 is 24.4 Å². The van der Waals surface area contributed by atoms with E-state index in [9.17, 15) is 19.5 Å². The molecule has 2 aromatic carbocycles. The number of hydrogen-bond donors (Lipinski definition) is 1. The summed E-state index contributed by atoms with van der Waals surface area (Å²) in [6.45, 7) is 0. The average Bonchev–Trinajstić information content (AvgIpc) is 2.62. The zero-order chi connectivity index (χ0) is 18.7. The number of fused-ring (bicyclic) bond motifs is 1. The lowest BCUT2D eigenvalue weighted by Gasteiger charge is -2.07. The molecule has 1 heterocycles. The number of carbonyl (C=O) groups is 2. The molecule has 3 rings (SSSR count). The van der Waals surface area contributed by atoms with Crippen LogP contribution in [0.3, 0.4) is 0 Å². The lowest BCUT2D eigenvalue weighted by Crippen LogP contribution is -2.24. The van der Waals surface area contributed by atoms with E-state index in [0.29, 0.717) is 28.0 Å². The lowest BCUT2D eigenvalue weighted by atomic mass is 10.1. The van der Waals surface area contributed by atoms with E-state index in [4.69, 9.17) is 9.15 Å². The summed E-state index contributed by atoms with van der Waals surface area (Å²) >= 11 is 0.